The lowest BCUT2D eigenvalue weighted by molar-refractivity contribution is -0.128. The van der Waals surface area contributed by atoms with Crippen LogP contribution in [0.1, 0.15) is 39.0 Å². The predicted octanol–water partition coefficient (Wildman–Crippen LogP) is 1.04. The Kier molecular flexibility index (Phi) is 2.77. The molecule has 1 saturated heterocycles. The molecule has 0 spiro atoms. The van der Waals surface area contributed by atoms with E-state index in [9.17, 15) is 4.79 Å². The number of rotatable bonds is 3. The summed E-state index contributed by atoms with van der Waals surface area (Å²) in [5, 5.41) is 6.38. The predicted molar refractivity (Wildman–Crippen MR) is 56.0 cm³/mol. The Morgan fingerprint density at radius 3 is 2.86 bits per heavy atom. The quantitative estimate of drug-likeness (QED) is 0.708. The average Bonchev–Trinajstić information content (AvgIpc) is 2.99. The smallest absolute Gasteiger partial charge is 0.240 e. The molecule has 3 heteroatoms. The summed E-state index contributed by atoms with van der Waals surface area (Å²) < 4.78 is 0. The van der Waals surface area contributed by atoms with E-state index < -0.39 is 0 Å². The molecule has 3 nitrogen and oxygen atoms in total. The maximum atomic E-state index is 11.9. The second-order valence-electron chi connectivity index (χ2n) is 4.87. The fraction of sp³-hybridized carbons (Fsp3) is 0.909. The Labute approximate surface area is 85.6 Å². The SMILES string of the molecule is CC1(C(=O)NCC2CC2)CCCCN1. The molecule has 1 heterocycles. The first-order chi connectivity index (χ1) is 6.71. The molecule has 14 heavy (non-hydrogen) atoms. The largest absolute Gasteiger partial charge is 0.354 e. The van der Waals surface area contributed by atoms with Crippen molar-refractivity contribution in [3.05, 3.63) is 0 Å². The van der Waals surface area contributed by atoms with Gasteiger partial charge >= 0.3 is 0 Å². The van der Waals surface area contributed by atoms with E-state index in [1.165, 1.54) is 25.7 Å². The van der Waals surface area contributed by atoms with Crippen molar-refractivity contribution in [3.63, 3.8) is 0 Å². The number of piperidine rings is 1. The van der Waals surface area contributed by atoms with Crippen LogP contribution < -0.4 is 10.6 Å². The Balaban J connectivity index is 1.80. The molecule has 1 amide bonds. The number of hydrogen-bond donors (Lipinski definition) is 2. The molecule has 2 N–H and O–H groups in total. The van der Waals surface area contributed by atoms with Crippen molar-refractivity contribution in [2.24, 2.45) is 5.92 Å². The van der Waals surface area contributed by atoms with Crippen LogP contribution in [0.25, 0.3) is 0 Å². The normalized spacial score (nSPS) is 32.6. The Bertz CT molecular complexity index is 217. The van der Waals surface area contributed by atoms with Crippen LogP contribution in [0.3, 0.4) is 0 Å². The van der Waals surface area contributed by atoms with E-state index in [0.717, 1.165) is 25.4 Å². The summed E-state index contributed by atoms with van der Waals surface area (Å²) in [6, 6.07) is 0. The van der Waals surface area contributed by atoms with Crippen molar-refractivity contribution in [1.82, 2.24) is 10.6 Å². The Hall–Kier alpha value is -0.570. The molecule has 1 aliphatic heterocycles. The first-order valence-electron chi connectivity index (χ1n) is 5.74. The van der Waals surface area contributed by atoms with Gasteiger partial charge in [-0.25, -0.2) is 0 Å². The maximum absolute atomic E-state index is 11.9. The highest BCUT2D eigenvalue weighted by molar-refractivity contribution is 5.85. The summed E-state index contributed by atoms with van der Waals surface area (Å²) in [7, 11) is 0. The van der Waals surface area contributed by atoms with Gasteiger partial charge in [-0.2, -0.15) is 0 Å². The van der Waals surface area contributed by atoms with E-state index in [1.807, 2.05) is 6.92 Å². The molecule has 2 aliphatic rings. The molecule has 2 fully saturated rings. The fourth-order valence-electron chi connectivity index (χ4n) is 2.00. The number of carbonyl (C=O) groups is 1. The van der Waals surface area contributed by atoms with E-state index in [-0.39, 0.29) is 11.4 Å². The van der Waals surface area contributed by atoms with E-state index in [2.05, 4.69) is 10.6 Å². The summed E-state index contributed by atoms with van der Waals surface area (Å²) in [5.41, 5.74) is -0.298. The van der Waals surface area contributed by atoms with Crippen LogP contribution in [0, 0.1) is 5.92 Å². The molecule has 0 aromatic heterocycles. The van der Waals surface area contributed by atoms with E-state index in [0.29, 0.717) is 0 Å². The van der Waals surface area contributed by atoms with Crippen molar-refractivity contribution in [1.29, 1.82) is 0 Å². The van der Waals surface area contributed by atoms with Gasteiger partial charge in [-0.1, -0.05) is 0 Å². The highest BCUT2D eigenvalue weighted by Gasteiger charge is 2.34. The highest BCUT2D eigenvalue weighted by Crippen LogP contribution is 2.28. The summed E-state index contributed by atoms with van der Waals surface area (Å²) in [6.07, 6.45) is 5.93. The van der Waals surface area contributed by atoms with E-state index in [4.69, 9.17) is 0 Å². The van der Waals surface area contributed by atoms with Crippen molar-refractivity contribution in [2.75, 3.05) is 13.1 Å². The second kappa shape index (κ2) is 3.89. The van der Waals surface area contributed by atoms with Crippen molar-refractivity contribution in [3.8, 4) is 0 Å². The lowest BCUT2D eigenvalue weighted by Crippen LogP contribution is -2.57. The molecule has 0 bridgehead atoms. The molecular formula is C11H20N2O. The molecule has 2 rings (SSSR count). The zero-order chi connectivity index (χ0) is 10.0. The van der Waals surface area contributed by atoms with Gasteiger partial charge < -0.3 is 10.6 Å². The zero-order valence-corrected chi connectivity index (χ0v) is 8.94. The highest BCUT2D eigenvalue weighted by atomic mass is 16.2. The monoisotopic (exact) mass is 196 g/mol. The maximum Gasteiger partial charge on any atom is 0.240 e. The van der Waals surface area contributed by atoms with Gasteiger partial charge in [0.15, 0.2) is 0 Å². The van der Waals surface area contributed by atoms with Crippen LogP contribution >= 0.6 is 0 Å². The van der Waals surface area contributed by atoms with Gasteiger partial charge in [0.2, 0.25) is 5.91 Å². The van der Waals surface area contributed by atoms with E-state index in [1.54, 1.807) is 0 Å². The van der Waals surface area contributed by atoms with Gasteiger partial charge in [0.25, 0.3) is 0 Å². The van der Waals surface area contributed by atoms with Gasteiger partial charge in [-0.3, -0.25) is 4.79 Å². The standard InChI is InChI=1S/C11H20N2O/c1-11(6-2-3-7-13-11)10(14)12-8-9-4-5-9/h9,13H,2-8H2,1H3,(H,12,14). The third-order valence-electron chi connectivity index (χ3n) is 3.37. The molecule has 0 radical (unpaired) electrons. The van der Waals surface area contributed by atoms with Crippen molar-refractivity contribution in [2.45, 2.75) is 44.6 Å². The summed E-state index contributed by atoms with van der Waals surface area (Å²) >= 11 is 0. The Morgan fingerprint density at radius 1 is 1.50 bits per heavy atom. The summed E-state index contributed by atoms with van der Waals surface area (Å²) in [5.74, 6) is 0.968. The summed E-state index contributed by atoms with van der Waals surface area (Å²) in [4.78, 5) is 11.9. The minimum atomic E-state index is -0.298. The molecule has 80 valence electrons. The second-order valence-corrected chi connectivity index (χ2v) is 4.87. The lowest BCUT2D eigenvalue weighted by Gasteiger charge is -2.33. The first kappa shape index (κ1) is 9.97. The van der Waals surface area contributed by atoms with Crippen LogP contribution in [0.4, 0.5) is 0 Å². The number of hydrogen-bond acceptors (Lipinski definition) is 2. The topological polar surface area (TPSA) is 41.1 Å². The average molecular weight is 196 g/mol. The van der Waals surface area contributed by atoms with Crippen LogP contribution in [-0.4, -0.2) is 24.5 Å². The molecule has 0 aromatic rings. The lowest BCUT2D eigenvalue weighted by atomic mass is 9.90. The van der Waals surface area contributed by atoms with Crippen LogP contribution in [0.2, 0.25) is 0 Å². The van der Waals surface area contributed by atoms with Crippen molar-refractivity contribution >= 4 is 5.91 Å². The molecule has 1 saturated carbocycles. The minimum Gasteiger partial charge on any atom is -0.354 e. The Morgan fingerprint density at radius 2 is 2.29 bits per heavy atom. The fourth-order valence-corrected chi connectivity index (χ4v) is 2.00. The molecular weight excluding hydrogens is 176 g/mol. The van der Waals surface area contributed by atoms with Gasteiger partial charge in [0.1, 0.15) is 0 Å². The molecule has 0 aromatic carbocycles. The van der Waals surface area contributed by atoms with Gasteiger partial charge in [0, 0.05) is 6.54 Å². The van der Waals surface area contributed by atoms with Crippen molar-refractivity contribution < 1.29 is 4.79 Å². The van der Waals surface area contributed by atoms with Gasteiger partial charge in [-0.15, -0.1) is 0 Å². The molecule has 1 aliphatic carbocycles. The molecule has 1 unspecified atom stereocenters. The van der Waals surface area contributed by atoms with Gasteiger partial charge in [0.05, 0.1) is 5.54 Å². The number of nitrogens with one attached hydrogen (secondary N) is 2. The van der Waals surface area contributed by atoms with Crippen LogP contribution in [0.15, 0.2) is 0 Å². The third-order valence-corrected chi connectivity index (χ3v) is 3.37. The van der Waals surface area contributed by atoms with Gasteiger partial charge in [-0.05, 0) is 51.5 Å². The van der Waals surface area contributed by atoms with Crippen LogP contribution in [0.5, 0.6) is 0 Å². The number of amides is 1. The zero-order valence-electron chi connectivity index (χ0n) is 8.94. The summed E-state index contributed by atoms with van der Waals surface area (Å²) in [6.45, 7) is 3.89. The third kappa shape index (κ3) is 2.27. The molecule has 1 atom stereocenters. The van der Waals surface area contributed by atoms with E-state index >= 15 is 0 Å². The number of carbonyl (C=O) groups excluding carboxylic acids is 1. The minimum absolute atomic E-state index is 0.198. The van der Waals surface area contributed by atoms with Crippen LogP contribution in [-0.2, 0) is 4.79 Å². The first-order valence-corrected chi connectivity index (χ1v) is 5.74.